The number of aliphatic carboxylic acids is 1. The van der Waals surface area contributed by atoms with Gasteiger partial charge in [0.2, 0.25) is 11.8 Å². The van der Waals surface area contributed by atoms with Crippen molar-refractivity contribution in [1.82, 2.24) is 30.3 Å². The van der Waals surface area contributed by atoms with Crippen LogP contribution in [0.15, 0.2) is 34.4 Å². The number of hydrogen-bond acceptors (Lipinski definition) is 8. The maximum absolute atomic E-state index is 12.8. The van der Waals surface area contributed by atoms with E-state index in [0.717, 1.165) is 31.1 Å². The summed E-state index contributed by atoms with van der Waals surface area (Å²) < 4.78 is 0. The van der Waals surface area contributed by atoms with Crippen LogP contribution < -0.4 is 5.32 Å². The van der Waals surface area contributed by atoms with Gasteiger partial charge in [-0.2, -0.15) is 5.10 Å². The summed E-state index contributed by atoms with van der Waals surface area (Å²) in [6, 6.07) is -0.788. The first-order valence-electron chi connectivity index (χ1n) is 10.6. The SMILES string of the molecule is O=C(CSc1ncn[nH]1)N[C@@H]1C(=O)N2C(C(=O)O)=C(C=C3CCN(CC4CC4)C3=O)CS[C@H]12. The minimum Gasteiger partial charge on any atom is -0.477 e. The highest BCUT2D eigenvalue weighted by Crippen LogP contribution is 2.41. The van der Waals surface area contributed by atoms with E-state index in [-0.39, 0.29) is 23.3 Å². The number of carbonyl (C=O) groups is 4. The van der Waals surface area contributed by atoms with Gasteiger partial charge in [0.25, 0.3) is 5.91 Å². The number of allylic oxidation sites excluding steroid dienone is 1. The third-order valence-corrected chi connectivity index (χ3v) is 8.17. The van der Waals surface area contributed by atoms with Crippen LogP contribution in [0.4, 0.5) is 0 Å². The first kappa shape index (κ1) is 22.0. The van der Waals surface area contributed by atoms with Crippen molar-refractivity contribution in [3.63, 3.8) is 0 Å². The Morgan fingerprint density at radius 3 is 2.88 bits per heavy atom. The number of carboxylic acids is 1. The largest absolute Gasteiger partial charge is 0.477 e. The van der Waals surface area contributed by atoms with E-state index in [0.29, 0.717) is 40.9 Å². The second kappa shape index (κ2) is 8.86. The lowest BCUT2D eigenvalue weighted by molar-refractivity contribution is -0.150. The Morgan fingerprint density at radius 2 is 2.18 bits per heavy atom. The van der Waals surface area contributed by atoms with Gasteiger partial charge < -0.3 is 15.3 Å². The molecule has 5 rings (SSSR count). The molecule has 2 saturated heterocycles. The topological polar surface area (TPSA) is 149 Å². The molecule has 0 spiro atoms. The van der Waals surface area contributed by atoms with E-state index in [4.69, 9.17) is 0 Å². The summed E-state index contributed by atoms with van der Waals surface area (Å²) in [5, 5.41) is 18.9. The van der Waals surface area contributed by atoms with Gasteiger partial charge in [0, 0.05) is 24.4 Å². The number of aromatic nitrogens is 3. The Labute approximate surface area is 197 Å². The minimum atomic E-state index is -1.22. The molecule has 3 N–H and O–H groups in total. The number of likely N-dealkylation sites (tertiary alicyclic amines) is 1. The Hall–Kier alpha value is -2.80. The van der Waals surface area contributed by atoms with E-state index in [1.807, 2.05) is 4.90 Å². The highest BCUT2D eigenvalue weighted by molar-refractivity contribution is 8.00. The number of fused-ring (bicyclic) bond motifs is 1. The molecule has 0 unspecified atom stereocenters. The molecule has 11 nitrogen and oxygen atoms in total. The van der Waals surface area contributed by atoms with Crippen molar-refractivity contribution in [2.75, 3.05) is 24.6 Å². The quantitative estimate of drug-likeness (QED) is 0.264. The number of nitrogens with zero attached hydrogens (tertiary/aromatic N) is 4. The van der Waals surface area contributed by atoms with Crippen LogP contribution in [0.3, 0.4) is 0 Å². The van der Waals surface area contributed by atoms with Crippen molar-refractivity contribution in [2.24, 2.45) is 5.92 Å². The second-order valence-corrected chi connectivity index (χ2v) is 10.4. The Kier molecular flexibility index (Phi) is 5.91. The van der Waals surface area contributed by atoms with Crippen molar-refractivity contribution in [3.8, 4) is 0 Å². The van der Waals surface area contributed by atoms with Crippen LogP contribution in [-0.4, -0.2) is 89.8 Å². The van der Waals surface area contributed by atoms with Crippen LogP contribution >= 0.6 is 23.5 Å². The molecule has 13 heteroatoms. The third-order valence-electron chi connectivity index (χ3n) is 5.99. The predicted octanol–water partition coefficient (Wildman–Crippen LogP) is 0.204. The van der Waals surface area contributed by atoms with Crippen molar-refractivity contribution in [3.05, 3.63) is 29.2 Å². The van der Waals surface area contributed by atoms with Gasteiger partial charge in [0.15, 0.2) is 5.16 Å². The molecule has 3 amide bonds. The van der Waals surface area contributed by atoms with Gasteiger partial charge in [-0.3, -0.25) is 24.4 Å². The van der Waals surface area contributed by atoms with Crippen molar-refractivity contribution >= 4 is 47.2 Å². The lowest BCUT2D eigenvalue weighted by Crippen LogP contribution is -2.70. The van der Waals surface area contributed by atoms with E-state index >= 15 is 0 Å². The molecule has 3 aliphatic heterocycles. The molecular formula is C20H22N6O5S2. The fourth-order valence-electron chi connectivity index (χ4n) is 4.16. The molecule has 174 valence electrons. The molecule has 1 aromatic rings. The molecular weight excluding hydrogens is 468 g/mol. The first-order valence-corrected chi connectivity index (χ1v) is 12.6. The molecule has 4 aliphatic rings. The zero-order valence-corrected chi connectivity index (χ0v) is 19.2. The standard InChI is InChI=1S/C20H22N6O5S2/c27-13(8-33-20-21-9-22-24-20)23-14-17(29)26-15(19(30)31)12(7-32-18(14)26)5-11-3-4-25(16(11)28)6-10-1-2-10/h5,9-10,14,18H,1-4,6-8H2,(H,23,27)(H,30,31)(H,21,22,24)/t14-,18-/m1/s1. The molecule has 4 heterocycles. The average molecular weight is 491 g/mol. The van der Waals surface area contributed by atoms with Gasteiger partial charge in [0.1, 0.15) is 23.4 Å². The monoisotopic (exact) mass is 490 g/mol. The molecule has 1 saturated carbocycles. The summed E-state index contributed by atoms with van der Waals surface area (Å²) in [6.07, 6.45) is 5.87. The number of carboxylic acid groups (broad SMARTS) is 1. The highest BCUT2D eigenvalue weighted by Gasteiger charge is 2.54. The van der Waals surface area contributed by atoms with E-state index < -0.39 is 23.3 Å². The van der Waals surface area contributed by atoms with Crippen molar-refractivity contribution in [2.45, 2.75) is 35.8 Å². The lowest BCUT2D eigenvalue weighted by atomic mass is 10.0. The van der Waals surface area contributed by atoms with E-state index in [9.17, 15) is 24.3 Å². The number of thioether (sulfide) groups is 2. The molecule has 3 fully saturated rings. The molecule has 1 aromatic heterocycles. The van der Waals surface area contributed by atoms with Gasteiger partial charge in [0.05, 0.1) is 5.75 Å². The summed E-state index contributed by atoms with van der Waals surface area (Å²) in [5.74, 6) is -1.10. The smallest absolute Gasteiger partial charge is 0.352 e. The molecule has 0 aromatic carbocycles. The number of rotatable bonds is 8. The van der Waals surface area contributed by atoms with Gasteiger partial charge >= 0.3 is 5.97 Å². The van der Waals surface area contributed by atoms with Gasteiger partial charge in [-0.15, -0.1) is 11.8 Å². The van der Waals surface area contributed by atoms with Crippen LogP contribution in [0.2, 0.25) is 0 Å². The van der Waals surface area contributed by atoms with Crippen molar-refractivity contribution < 1.29 is 24.3 Å². The van der Waals surface area contributed by atoms with E-state index in [1.54, 1.807) is 6.08 Å². The maximum Gasteiger partial charge on any atom is 0.352 e. The van der Waals surface area contributed by atoms with Crippen molar-refractivity contribution in [1.29, 1.82) is 0 Å². The summed E-state index contributed by atoms with van der Waals surface area (Å²) in [5.41, 5.74) is 0.941. The maximum atomic E-state index is 12.8. The Morgan fingerprint density at radius 1 is 1.36 bits per heavy atom. The van der Waals surface area contributed by atoms with Crippen LogP contribution in [0.25, 0.3) is 0 Å². The fraction of sp³-hybridized carbons (Fsp3) is 0.500. The summed E-state index contributed by atoms with van der Waals surface area (Å²) >= 11 is 2.54. The number of carbonyl (C=O) groups excluding carboxylic acids is 3. The van der Waals surface area contributed by atoms with Gasteiger partial charge in [-0.05, 0) is 36.8 Å². The number of H-pyrrole nitrogens is 1. The summed E-state index contributed by atoms with van der Waals surface area (Å²) in [6.45, 7) is 1.41. The molecule has 0 radical (unpaired) electrons. The molecule has 1 aliphatic carbocycles. The Bertz CT molecular complexity index is 1070. The first-order chi connectivity index (χ1) is 15.9. The number of hydrogen-bond donors (Lipinski definition) is 3. The van der Waals surface area contributed by atoms with Gasteiger partial charge in [-0.1, -0.05) is 11.8 Å². The van der Waals surface area contributed by atoms with Gasteiger partial charge in [-0.25, -0.2) is 9.78 Å². The third kappa shape index (κ3) is 4.38. The zero-order chi connectivity index (χ0) is 23.1. The van der Waals surface area contributed by atoms with Crippen LogP contribution in [0, 0.1) is 5.92 Å². The number of nitrogens with one attached hydrogen (secondary N) is 2. The Balaban J connectivity index is 1.26. The zero-order valence-electron chi connectivity index (χ0n) is 17.5. The molecule has 33 heavy (non-hydrogen) atoms. The number of β-lactam (4-membered cyclic amide) rings is 1. The predicted molar refractivity (Wildman–Crippen MR) is 119 cm³/mol. The number of aromatic amines is 1. The minimum absolute atomic E-state index is 0.0457. The normalized spacial score (nSPS) is 26.0. The van der Waals surface area contributed by atoms with Crippen LogP contribution in [-0.2, 0) is 19.2 Å². The second-order valence-electron chi connectivity index (χ2n) is 8.33. The molecule has 2 atom stereocenters. The summed E-state index contributed by atoms with van der Waals surface area (Å²) in [4.78, 5) is 56.8. The summed E-state index contributed by atoms with van der Waals surface area (Å²) in [7, 11) is 0. The average Bonchev–Trinajstić information content (AvgIpc) is 3.34. The lowest BCUT2D eigenvalue weighted by Gasteiger charge is -2.49. The van der Waals surface area contributed by atoms with Crippen LogP contribution in [0.1, 0.15) is 19.3 Å². The number of amides is 3. The van der Waals surface area contributed by atoms with E-state index in [2.05, 4.69) is 20.5 Å². The fourth-order valence-corrected chi connectivity index (χ4v) is 6.06. The highest BCUT2D eigenvalue weighted by atomic mass is 32.2. The molecule has 0 bridgehead atoms. The van der Waals surface area contributed by atoms with E-state index in [1.165, 1.54) is 23.0 Å². The van der Waals surface area contributed by atoms with Crippen LogP contribution in [0.5, 0.6) is 0 Å².